The van der Waals surface area contributed by atoms with Gasteiger partial charge in [-0.3, -0.25) is 19.8 Å². The van der Waals surface area contributed by atoms with E-state index >= 15 is 0 Å². The van der Waals surface area contributed by atoms with E-state index in [4.69, 9.17) is 12.2 Å². The summed E-state index contributed by atoms with van der Waals surface area (Å²) in [6.45, 7) is 1.90. The maximum absolute atomic E-state index is 14.0. The van der Waals surface area contributed by atoms with Crippen molar-refractivity contribution in [1.29, 1.82) is 0 Å². The Labute approximate surface area is 265 Å². The monoisotopic (exact) mass is 695 g/mol. The van der Waals surface area contributed by atoms with E-state index in [0.717, 1.165) is 48.3 Å². The lowest BCUT2D eigenvalue weighted by atomic mass is 10.0. The lowest BCUT2D eigenvalue weighted by Gasteiger charge is -2.30. The van der Waals surface area contributed by atoms with E-state index in [1.165, 1.54) is 4.90 Å². The molecule has 5 nitrogen and oxygen atoms in total. The molecule has 0 aliphatic carbocycles. The van der Waals surface area contributed by atoms with Gasteiger partial charge in [0.05, 0.1) is 17.1 Å². The summed E-state index contributed by atoms with van der Waals surface area (Å²) >= 11 is 12.5. The van der Waals surface area contributed by atoms with Crippen molar-refractivity contribution in [3.05, 3.63) is 135 Å². The van der Waals surface area contributed by atoms with Gasteiger partial charge in [0.15, 0.2) is 5.11 Å². The van der Waals surface area contributed by atoms with Crippen molar-refractivity contribution in [2.75, 3.05) is 4.90 Å². The normalized spacial score (nSPS) is 14.4. The van der Waals surface area contributed by atoms with Gasteiger partial charge in [0.1, 0.15) is 5.57 Å². The van der Waals surface area contributed by atoms with Gasteiger partial charge in [-0.1, -0.05) is 92.5 Å². The summed E-state index contributed by atoms with van der Waals surface area (Å²) in [6, 6.07) is 35.7. The predicted molar refractivity (Wildman–Crippen MR) is 179 cm³/mol. The van der Waals surface area contributed by atoms with E-state index in [0.29, 0.717) is 5.69 Å². The van der Waals surface area contributed by atoms with Gasteiger partial charge in [-0.2, -0.15) is 0 Å². The second-order valence-electron chi connectivity index (χ2n) is 9.77. The fourth-order valence-corrected chi connectivity index (χ4v) is 6.13. The van der Waals surface area contributed by atoms with Crippen molar-refractivity contribution >= 4 is 72.8 Å². The Morgan fingerprint density at radius 1 is 0.762 bits per heavy atom. The van der Waals surface area contributed by atoms with E-state index in [1.807, 2.05) is 116 Å². The van der Waals surface area contributed by atoms with Gasteiger partial charge in [0.25, 0.3) is 11.8 Å². The van der Waals surface area contributed by atoms with Gasteiger partial charge in [-0.05, 0) is 90.4 Å². The van der Waals surface area contributed by atoms with Crippen molar-refractivity contribution < 1.29 is 9.59 Å². The molecule has 5 aromatic rings. The molecule has 0 bridgehead atoms. The minimum Gasteiger partial charge on any atom is -0.309 e. The molecule has 0 spiro atoms. The van der Waals surface area contributed by atoms with Gasteiger partial charge >= 0.3 is 0 Å². The molecule has 0 unspecified atom stereocenters. The molecule has 6 rings (SSSR count). The average molecular weight is 697 g/mol. The maximum atomic E-state index is 14.0. The molecule has 1 aliphatic heterocycles. The molecule has 1 aromatic heterocycles. The number of hydrogen-bond acceptors (Lipinski definition) is 3. The third kappa shape index (κ3) is 5.29. The average Bonchev–Trinajstić information content (AvgIpc) is 3.37. The zero-order valence-corrected chi connectivity index (χ0v) is 26.3. The topological polar surface area (TPSA) is 54.3 Å². The van der Waals surface area contributed by atoms with Crippen molar-refractivity contribution in [1.82, 2.24) is 9.88 Å². The molecule has 1 fully saturated rings. The highest BCUT2D eigenvalue weighted by Gasteiger charge is 2.35. The third-order valence-electron chi connectivity index (χ3n) is 7.03. The lowest BCUT2D eigenvalue weighted by molar-refractivity contribution is -0.122. The van der Waals surface area contributed by atoms with Crippen LogP contribution in [-0.2, 0) is 9.59 Å². The summed E-state index contributed by atoms with van der Waals surface area (Å²) < 4.78 is 4.01. The molecule has 4 aromatic carbocycles. The summed E-state index contributed by atoms with van der Waals surface area (Å²) in [5.41, 5.74) is 6.82. The second-order valence-corrected chi connectivity index (χ2v) is 12.0. The van der Waals surface area contributed by atoms with Crippen LogP contribution in [0, 0.1) is 6.92 Å². The first-order valence-electron chi connectivity index (χ1n) is 13.1. The van der Waals surface area contributed by atoms with Crippen LogP contribution in [0.15, 0.2) is 124 Å². The number of carbonyl (C=O) groups excluding carboxylic acids is 2. The zero-order valence-electron chi connectivity index (χ0n) is 22.3. The smallest absolute Gasteiger partial charge is 0.270 e. The van der Waals surface area contributed by atoms with E-state index in [2.05, 4.69) is 41.7 Å². The van der Waals surface area contributed by atoms with Crippen LogP contribution in [-0.4, -0.2) is 21.5 Å². The standard InChI is InChI=1S/C34H23Br2N3O2S/c1-21-18-26(36)14-17-29(21)39-33(41)28(32(40)37-34(39)42)19-24-20-30(22-8-4-2-5-9-22)38(27-15-12-25(35)13-16-27)31(24)23-10-6-3-7-11-23/h2-20H,1H3,(H,37,40,42)/b28-19-. The number of nitrogens with zero attached hydrogens (tertiary/aromatic N) is 2. The lowest BCUT2D eigenvalue weighted by Crippen LogP contribution is -2.54. The summed E-state index contributed by atoms with van der Waals surface area (Å²) in [6.07, 6.45) is 1.67. The Morgan fingerprint density at radius 2 is 1.38 bits per heavy atom. The number of hydrogen-bond donors (Lipinski definition) is 1. The zero-order chi connectivity index (χ0) is 29.4. The number of aromatic nitrogens is 1. The Kier molecular flexibility index (Phi) is 7.77. The van der Waals surface area contributed by atoms with Crippen LogP contribution in [0.3, 0.4) is 0 Å². The second kappa shape index (κ2) is 11.6. The van der Waals surface area contributed by atoms with Crippen LogP contribution in [0.25, 0.3) is 34.3 Å². The van der Waals surface area contributed by atoms with Crippen LogP contribution in [0.1, 0.15) is 11.1 Å². The fraction of sp³-hybridized carbons (Fsp3) is 0.0294. The third-order valence-corrected chi connectivity index (χ3v) is 8.34. The number of anilines is 1. The van der Waals surface area contributed by atoms with Gasteiger partial charge in [-0.25, -0.2) is 0 Å². The first-order valence-corrected chi connectivity index (χ1v) is 15.1. The van der Waals surface area contributed by atoms with Gasteiger partial charge in [-0.15, -0.1) is 0 Å². The number of carbonyl (C=O) groups is 2. The van der Waals surface area contributed by atoms with Crippen molar-refractivity contribution in [2.45, 2.75) is 6.92 Å². The molecule has 0 radical (unpaired) electrons. The molecule has 8 heteroatoms. The number of aryl methyl sites for hydroxylation is 1. The Balaban J connectivity index is 1.60. The van der Waals surface area contributed by atoms with E-state index < -0.39 is 11.8 Å². The molecule has 1 saturated heterocycles. The van der Waals surface area contributed by atoms with Gasteiger partial charge in [0.2, 0.25) is 0 Å². The number of thiocarbonyl (C=S) groups is 1. The Hall–Kier alpha value is -4.11. The van der Waals surface area contributed by atoms with E-state index in [1.54, 1.807) is 6.08 Å². The van der Waals surface area contributed by atoms with Crippen LogP contribution < -0.4 is 10.2 Å². The molecule has 1 N–H and O–H groups in total. The number of benzene rings is 4. The van der Waals surface area contributed by atoms with Crippen LogP contribution >= 0.6 is 44.1 Å². The number of rotatable bonds is 5. The fourth-order valence-electron chi connectivity index (χ4n) is 5.11. The minimum atomic E-state index is -0.535. The molecule has 206 valence electrons. The predicted octanol–water partition coefficient (Wildman–Crippen LogP) is 8.48. The van der Waals surface area contributed by atoms with Crippen LogP contribution in [0.5, 0.6) is 0 Å². The molecule has 42 heavy (non-hydrogen) atoms. The first kappa shape index (κ1) is 28.0. The maximum Gasteiger partial charge on any atom is 0.270 e. The molecule has 1 aliphatic rings. The molecule has 2 heterocycles. The van der Waals surface area contributed by atoms with Gasteiger partial charge in [0, 0.05) is 20.2 Å². The number of halogens is 2. The molecular weight excluding hydrogens is 674 g/mol. The van der Waals surface area contributed by atoms with Gasteiger partial charge < -0.3 is 4.57 Å². The molecule has 0 saturated carbocycles. The quantitative estimate of drug-likeness (QED) is 0.114. The van der Waals surface area contributed by atoms with Crippen LogP contribution in [0.2, 0.25) is 0 Å². The Bertz CT molecular complexity index is 1880. The van der Waals surface area contributed by atoms with E-state index in [9.17, 15) is 9.59 Å². The SMILES string of the molecule is Cc1cc(Br)ccc1N1C(=O)/C(=C\c2cc(-c3ccccc3)n(-c3ccc(Br)cc3)c2-c2ccccc2)C(=O)NC1=S. The highest BCUT2D eigenvalue weighted by Crippen LogP contribution is 2.38. The van der Waals surface area contributed by atoms with Crippen LogP contribution in [0.4, 0.5) is 5.69 Å². The van der Waals surface area contributed by atoms with Crippen molar-refractivity contribution in [2.24, 2.45) is 0 Å². The summed E-state index contributed by atoms with van der Waals surface area (Å²) in [5, 5.41) is 2.78. The highest BCUT2D eigenvalue weighted by molar-refractivity contribution is 9.10. The van der Waals surface area contributed by atoms with Crippen molar-refractivity contribution in [3.8, 4) is 28.2 Å². The van der Waals surface area contributed by atoms with Crippen molar-refractivity contribution in [3.63, 3.8) is 0 Å². The molecular formula is C34H23Br2N3O2S. The molecule has 0 atom stereocenters. The molecule has 2 amide bonds. The summed E-state index contributed by atoms with van der Waals surface area (Å²) in [4.78, 5) is 28.7. The first-order chi connectivity index (χ1) is 20.3. The number of nitrogens with one attached hydrogen (secondary N) is 1. The Morgan fingerprint density at radius 3 is 2.02 bits per heavy atom. The summed E-state index contributed by atoms with van der Waals surface area (Å²) in [5.74, 6) is -1.02. The minimum absolute atomic E-state index is 0.00401. The van der Waals surface area contributed by atoms with E-state index in [-0.39, 0.29) is 10.7 Å². The summed E-state index contributed by atoms with van der Waals surface area (Å²) in [7, 11) is 0. The largest absolute Gasteiger partial charge is 0.309 e. The highest BCUT2D eigenvalue weighted by atomic mass is 79.9. The number of amides is 2.